The van der Waals surface area contributed by atoms with Gasteiger partial charge in [-0.3, -0.25) is 9.59 Å². The number of hydrogen-bond acceptors (Lipinski definition) is 7. The summed E-state index contributed by atoms with van der Waals surface area (Å²) in [4.78, 5) is 24.0. The van der Waals surface area contributed by atoms with Crippen LogP contribution in [0.4, 0.5) is 0 Å². The molecule has 3 aromatic rings. The molecule has 0 spiro atoms. The van der Waals surface area contributed by atoms with Gasteiger partial charge in [0.2, 0.25) is 5.16 Å². The second-order valence-corrected chi connectivity index (χ2v) is 5.70. The van der Waals surface area contributed by atoms with Crippen LogP contribution in [0.3, 0.4) is 0 Å². The van der Waals surface area contributed by atoms with Gasteiger partial charge in [-0.2, -0.15) is 5.10 Å². The van der Waals surface area contributed by atoms with Gasteiger partial charge in [-0.25, -0.2) is 9.78 Å². The first-order valence-corrected chi connectivity index (χ1v) is 7.76. The molecule has 0 aliphatic carbocycles. The van der Waals surface area contributed by atoms with Gasteiger partial charge in [0, 0.05) is 24.7 Å². The van der Waals surface area contributed by atoms with Crippen LogP contribution in [0.1, 0.15) is 10.5 Å². The minimum Gasteiger partial charge on any atom is -0.350 e. The van der Waals surface area contributed by atoms with Crippen LogP contribution in [0.25, 0.3) is 10.8 Å². The Kier molecular flexibility index (Phi) is 4.33. The Bertz CT molecular complexity index is 904. The lowest BCUT2D eigenvalue weighted by Crippen LogP contribution is -2.28. The van der Waals surface area contributed by atoms with Gasteiger partial charge in [0.1, 0.15) is 0 Å². The van der Waals surface area contributed by atoms with Crippen LogP contribution >= 0.6 is 11.8 Å². The van der Waals surface area contributed by atoms with Gasteiger partial charge in [-0.05, 0) is 16.5 Å². The van der Waals surface area contributed by atoms with E-state index in [1.54, 1.807) is 36.0 Å². The SMILES string of the molecule is Cn1nnnc1SCCNC(=O)c1n[nH]c(=O)c2ccccc12. The lowest BCUT2D eigenvalue weighted by Gasteiger charge is -2.06. The summed E-state index contributed by atoms with van der Waals surface area (Å²) in [5.41, 5.74) is -0.118. The molecule has 0 saturated carbocycles. The van der Waals surface area contributed by atoms with Crippen molar-refractivity contribution < 1.29 is 4.79 Å². The normalized spacial score (nSPS) is 10.8. The number of tetrazole rings is 1. The second-order valence-electron chi connectivity index (χ2n) is 4.64. The number of aryl methyl sites for hydroxylation is 1. The fourth-order valence-corrected chi connectivity index (χ4v) is 2.73. The third-order valence-electron chi connectivity index (χ3n) is 3.11. The van der Waals surface area contributed by atoms with Crippen LogP contribution in [-0.4, -0.2) is 48.6 Å². The molecule has 2 N–H and O–H groups in total. The Balaban J connectivity index is 1.66. The van der Waals surface area contributed by atoms with E-state index in [1.165, 1.54) is 11.8 Å². The van der Waals surface area contributed by atoms with Crippen molar-refractivity contribution in [3.8, 4) is 0 Å². The van der Waals surface area contributed by atoms with Crippen LogP contribution in [-0.2, 0) is 7.05 Å². The average molecular weight is 331 g/mol. The van der Waals surface area contributed by atoms with Gasteiger partial charge in [-0.15, -0.1) is 5.10 Å². The van der Waals surface area contributed by atoms with Crippen molar-refractivity contribution >= 4 is 28.4 Å². The predicted molar refractivity (Wildman–Crippen MR) is 84.2 cm³/mol. The quantitative estimate of drug-likeness (QED) is 0.498. The van der Waals surface area contributed by atoms with E-state index in [-0.39, 0.29) is 17.2 Å². The van der Waals surface area contributed by atoms with Crippen LogP contribution in [0.2, 0.25) is 0 Å². The molecular formula is C13H13N7O2S. The molecule has 0 fully saturated rings. The summed E-state index contributed by atoms with van der Waals surface area (Å²) in [5, 5.41) is 21.7. The lowest BCUT2D eigenvalue weighted by molar-refractivity contribution is 0.0952. The molecule has 2 aromatic heterocycles. The zero-order valence-corrected chi connectivity index (χ0v) is 13.0. The van der Waals surface area contributed by atoms with E-state index < -0.39 is 0 Å². The molecule has 0 saturated heterocycles. The first kappa shape index (κ1) is 15.2. The van der Waals surface area contributed by atoms with Gasteiger partial charge < -0.3 is 5.32 Å². The number of hydrogen-bond donors (Lipinski definition) is 2. The summed E-state index contributed by atoms with van der Waals surface area (Å²) >= 11 is 1.43. The molecule has 23 heavy (non-hydrogen) atoms. The van der Waals surface area contributed by atoms with Crippen molar-refractivity contribution in [2.45, 2.75) is 5.16 Å². The highest BCUT2D eigenvalue weighted by atomic mass is 32.2. The fraction of sp³-hybridized carbons (Fsp3) is 0.231. The third-order valence-corrected chi connectivity index (χ3v) is 4.12. The number of thioether (sulfide) groups is 1. The predicted octanol–water partition coefficient (Wildman–Crippen LogP) is -0.0313. The van der Waals surface area contributed by atoms with E-state index >= 15 is 0 Å². The Morgan fingerprint density at radius 2 is 2.13 bits per heavy atom. The third kappa shape index (κ3) is 3.21. The highest BCUT2D eigenvalue weighted by Crippen LogP contribution is 2.13. The molecule has 10 heteroatoms. The Hall–Kier alpha value is -2.75. The molecular weight excluding hydrogens is 318 g/mol. The van der Waals surface area contributed by atoms with Crippen molar-refractivity contribution in [3.63, 3.8) is 0 Å². The van der Waals surface area contributed by atoms with Crippen molar-refractivity contribution in [2.24, 2.45) is 7.05 Å². The van der Waals surface area contributed by atoms with E-state index in [9.17, 15) is 9.59 Å². The van der Waals surface area contributed by atoms with Gasteiger partial charge >= 0.3 is 0 Å². The maximum Gasteiger partial charge on any atom is 0.272 e. The number of nitrogens with one attached hydrogen (secondary N) is 2. The summed E-state index contributed by atoms with van der Waals surface area (Å²) in [6, 6.07) is 6.86. The summed E-state index contributed by atoms with van der Waals surface area (Å²) in [6.07, 6.45) is 0. The first-order valence-electron chi connectivity index (χ1n) is 6.77. The molecule has 1 amide bonds. The maximum atomic E-state index is 12.2. The molecule has 2 heterocycles. The molecule has 1 aromatic carbocycles. The number of benzene rings is 1. The number of aromatic nitrogens is 6. The summed E-state index contributed by atoms with van der Waals surface area (Å²) < 4.78 is 1.56. The number of amides is 1. The van der Waals surface area contributed by atoms with Crippen LogP contribution in [0.15, 0.2) is 34.2 Å². The molecule has 9 nitrogen and oxygen atoms in total. The zero-order valence-electron chi connectivity index (χ0n) is 12.2. The van der Waals surface area contributed by atoms with Gasteiger partial charge in [0.15, 0.2) is 5.69 Å². The number of H-pyrrole nitrogens is 1. The number of nitrogens with zero attached hydrogens (tertiary/aromatic N) is 5. The van der Waals surface area contributed by atoms with Crippen molar-refractivity contribution in [3.05, 3.63) is 40.3 Å². The number of aromatic amines is 1. The summed E-state index contributed by atoms with van der Waals surface area (Å²) in [6.45, 7) is 0.422. The van der Waals surface area contributed by atoms with E-state index in [1.807, 2.05) is 0 Å². The topological polar surface area (TPSA) is 118 Å². The fourth-order valence-electron chi connectivity index (χ4n) is 2.02. The Morgan fingerprint density at radius 1 is 1.35 bits per heavy atom. The van der Waals surface area contributed by atoms with Gasteiger partial charge in [-0.1, -0.05) is 30.0 Å². The maximum absolute atomic E-state index is 12.2. The summed E-state index contributed by atoms with van der Waals surface area (Å²) in [5.74, 6) is 0.274. The molecule has 0 aliphatic heterocycles. The molecule has 0 radical (unpaired) electrons. The molecule has 0 bridgehead atoms. The molecule has 118 valence electrons. The minimum atomic E-state index is -0.339. The lowest BCUT2D eigenvalue weighted by atomic mass is 10.1. The standard InChI is InChI=1S/C13H13N7O2S/c1-20-13(17-18-19-20)23-7-6-14-12(22)10-8-4-2-3-5-9(8)11(21)16-15-10/h2-5H,6-7H2,1H3,(H,14,22)(H,16,21). The van der Waals surface area contributed by atoms with Crippen molar-refractivity contribution in [2.75, 3.05) is 12.3 Å². The smallest absolute Gasteiger partial charge is 0.272 e. The van der Waals surface area contributed by atoms with E-state index in [0.717, 1.165) is 0 Å². The van der Waals surface area contributed by atoms with Gasteiger partial charge in [0.05, 0.1) is 5.39 Å². The highest BCUT2D eigenvalue weighted by molar-refractivity contribution is 7.99. The van der Waals surface area contributed by atoms with E-state index in [2.05, 4.69) is 31.0 Å². The minimum absolute atomic E-state index is 0.200. The number of carbonyl (C=O) groups is 1. The average Bonchev–Trinajstić information content (AvgIpc) is 2.97. The van der Waals surface area contributed by atoms with Crippen LogP contribution < -0.4 is 10.9 Å². The monoisotopic (exact) mass is 331 g/mol. The first-order chi connectivity index (χ1) is 11.2. The van der Waals surface area contributed by atoms with Crippen molar-refractivity contribution in [1.29, 1.82) is 0 Å². The Labute approximate surface area is 134 Å². The van der Waals surface area contributed by atoms with Crippen molar-refractivity contribution in [1.82, 2.24) is 35.7 Å². The molecule has 0 unspecified atom stereocenters. The summed E-state index contributed by atoms with van der Waals surface area (Å²) in [7, 11) is 1.75. The van der Waals surface area contributed by atoms with E-state index in [4.69, 9.17) is 0 Å². The molecule has 3 rings (SSSR count). The van der Waals surface area contributed by atoms with Crippen LogP contribution in [0.5, 0.6) is 0 Å². The second kappa shape index (κ2) is 6.57. The largest absolute Gasteiger partial charge is 0.350 e. The number of fused-ring (bicyclic) bond motifs is 1. The van der Waals surface area contributed by atoms with Crippen LogP contribution in [0, 0.1) is 0 Å². The van der Waals surface area contributed by atoms with E-state index in [0.29, 0.717) is 28.2 Å². The Morgan fingerprint density at radius 3 is 2.87 bits per heavy atom. The number of carbonyl (C=O) groups excluding carboxylic acids is 1. The molecule has 0 atom stereocenters. The number of rotatable bonds is 5. The zero-order chi connectivity index (χ0) is 16.2. The molecule has 0 aliphatic rings. The highest BCUT2D eigenvalue weighted by Gasteiger charge is 2.13. The van der Waals surface area contributed by atoms with Gasteiger partial charge in [0.25, 0.3) is 11.5 Å².